The van der Waals surface area contributed by atoms with Crippen LogP contribution in [0, 0.1) is 5.82 Å². The summed E-state index contributed by atoms with van der Waals surface area (Å²) in [6.45, 7) is 0. The van der Waals surface area contributed by atoms with E-state index in [2.05, 4.69) is 20.6 Å². The predicted octanol–water partition coefficient (Wildman–Crippen LogP) is 5.97. The number of nitrogens with zero attached hydrogens (tertiary/aromatic N) is 4. The average molecular weight is 527 g/mol. The van der Waals surface area contributed by atoms with Crippen molar-refractivity contribution in [3.8, 4) is 0 Å². The van der Waals surface area contributed by atoms with Crippen molar-refractivity contribution >= 4 is 46.1 Å². The van der Waals surface area contributed by atoms with Gasteiger partial charge >= 0.3 is 0 Å². The zero-order valence-corrected chi connectivity index (χ0v) is 20.5. The third-order valence-electron chi connectivity index (χ3n) is 5.38. The number of halogens is 2. The molecule has 2 N–H and O–H groups in total. The Morgan fingerprint density at radius 2 is 1.24 bits per heavy atom. The molecule has 0 saturated carbocycles. The first kappa shape index (κ1) is 24.7. The number of benzene rings is 2. The number of amides is 2. The van der Waals surface area contributed by atoms with Crippen LogP contribution in [0.4, 0.5) is 15.8 Å². The Morgan fingerprint density at radius 3 is 1.89 bits per heavy atom. The van der Waals surface area contributed by atoms with Crippen LogP contribution in [0.15, 0.2) is 110 Å². The van der Waals surface area contributed by atoms with Crippen molar-refractivity contribution in [2.75, 3.05) is 10.6 Å². The summed E-state index contributed by atoms with van der Waals surface area (Å²) in [6.07, 6.45) is 6.83. The maximum atomic E-state index is 12.8. The summed E-state index contributed by atoms with van der Waals surface area (Å²) in [5.74, 6) is -0.924. The van der Waals surface area contributed by atoms with Crippen LogP contribution in [0.2, 0.25) is 5.02 Å². The molecule has 2 amide bonds. The lowest BCUT2D eigenvalue weighted by Crippen LogP contribution is -2.12. The van der Waals surface area contributed by atoms with Crippen molar-refractivity contribution in [1.82, 2.24) is 18.8 Å². The van der Waals surface area contributed by atoms with Gasteiger partial charge in [-0.3, -0.25) is 9.59 Å². The first-order chi connectivity index (χ1) is 18.4. The van der Waals surface area contributed by atoms with E-state index in [-0.39, 0.29) is 23.3 Å². The number of carbonyl (C=O) groups is 2. The van der Waals surface area contributed by atoms with Gasteiger partial charge in [0.05, 0.1) is 5.02 Å². The third kappa shape index (κ3) is 5.85. The number of imidazole rings is 2. The molecule has 0 bridgehead atoms. The van der Waals surface area contributed by atoms with Crippen LogP contribution in [-0.4, -0.2) is 30.6 Å². The van der Waals surface area contributed by atoms with Crippen molar-refractivity contribution in [2.45, 2.75) is 0 Å². The predicted molar refractivity (Wildman–Crippen MR) is 144 cm³/mol. The molecule has 38 heavy (non-hydrogen) atoms. The quantitative estimate of drug-likeness (QED) is 0.296. The van der Waals surface area contributed by atoms with Gasteiger partial charge in [-0.05, 0) is 60.7 Å². The highest BCUT2D eigenvalue weighted by Gasteiger charge is 2.12. The molecule has 0 unspecified atom stereocenters. The summed E-state index contributed by atoms with van der Waals surface area (Å²) >= 11 is 5.87. The highest BCUT2D eigenvalue weighted by molar-refractivity contribution is 6.30. The monoisotopic (exact) mass is 526 g/mol. The second-order valence-electron chi connectivity index (χ2n) is 8.11. The van der Waals surface area contributed by atoms with Gasteiger partial charge in [0.2, 0.25) is 0 Å². The Morgan fingerprint density at radius 1 is 0.658 bits per heavy atom. The van der Waals surface area contributed by atoms with Crippen molar-refractivity contribution in [3.05, 3.63) is 132 Å². The Hall–Kier alpha value is -5.02. The molecule has 0 spiro atoms. The summed E-state index contributed by atoms with van der Waals surface area (Å²) < 4.78 is 16.3. The number of hydrogen-bond donors (Lipinski definition) is 2. The summed E-state index contributed by atoms with van der Waals surface area (Å²) in [7, 11) is 0. The highest BCUT2D eigenvalue weighted by atomic mass is 35.5. The molecule has 6 rings (SSSR count). The zero-order chi connectivity index (χ0) is 26.5. The fourth-order valence-corrected chi connectivity index (χ4v) is 3.73. The molecule has 0 atom stereocenters. The summed E-state index contributed by atoms with van der Waals surface area (Å²) in [5.41, 5.74) is 3.32. The number of para-hydroxylation sites is 1. The zero-order valence-electron chi connectivity index (χ0n) is 19.8. The number of fused-ring (bicyclic) bond motifs is 2. The van der Waals surface area contributed by atoms with Gasteiger partial charge in [-0.15, -0.1) is 0 Å². The first-order valence-electron chi connectivity index (χ1n) is 11.5. The van der Waals surface area contributed by atoms with Gasteiger partial charge in [-0.2, -0.15) is 0 Å². The van der Waals surface area contributed by atoms with Gasteiger partial charge in [0.25, 0.3) is 11.8 Å². The van der Waals surface area contributed by atoms with Crippen molar-refractivity contribution in [1.29, 1.82) is 0 Å². The first-order valence-corrected chi connectivity index (χ1v) is 11.8. The molecule has 188 valence electrons. The lowest BCUT2D eigenvalue weighted by molar-refractivity contribution is 0.101. The number of hydrogen-bond acceptors (Lipinski definition) is 4. The van der Waals surface area contributed by atoms with E-state index in [1.54, 1.807) is 35.1 Å². The van der Waals surface area contributed by atoms with E-state index in [9.17, 15) is 14.0 Å². The average Bonchev–Trinajstić information content (AvgIpc) is 3.55. The molecule has 0 aliphatic rings. The van der Waals surface area contributed by atoms with E-state index in [1.165, 1.54) is 24.3 Å². The number of aromatic nitrogens is 4. The van der Waals surface area contributed by atoms with Crippen molar-refractivity contribution in [3.63, 3.8) is 0 Å². The Kier molecular flexibility index (Phi) is 7.10. The van der Waals surface area contributed by atoms with Crippen LogP contribution < -0.4 is 10.6 Å². The summed E-state index contributed by atoms with van der Waals surface area (Å²) in [6, 6.07) is 23.9. The molecule has 0 radical (unpaired) electrons. The van der Waals surface area contributed by atoms with E-state index in [4.69, 9.17) is 11.6 Å². The molecule has 10 heteroatoms. The number of nitrogens with one attached hydrogen (secondary N) is 2. The lowest BCUT2D eigenvalue weighted by atomic mass is 10.3. The summed E-state index contributed by atoms with van der Waals surface area (Å²) in [5, 5.41) is 6.01. The van der Waals surface area contributed by atoms with Crippen LogP contribution >= 0.6 is 11.6 Å². The smallest absolute Gasteiger partial charge is 0.275 e. The van der Waals surface area contributed by atoms with Gasteiger partial charge < -0.3 is 19.4 Å². The lowest BCUT2D eigenvalue weighted by Gasteiger charge is -2.02. The fourth-order valence-electron chi connectivity index (χ4n) is 3.56. The maximum Gasteiger partial charge on any atom is 0.275 e. The maximum absolute atomic E-state index is 12.8. The second-order valence-corrected chi connectivity index (χ2v) is 8.55. The van der Waals surface area contributed by atoms with E-state index >= 15 is 0 Å². The molecular formula is C28H20ClFN6O2. The second kappa shape index (κ2) is 10.9. The normalized spacial score (nSPS) is 10.6. The third-order valence-corrected chi connectivity index (χ3v) is 5.60. The minimum atomic E-state index is -0.364. The van der Waals surface area contributed by atoms with E-state index in [0.717, 1.165) is 11.3 Å². The SMILES string of the molecule is O=C(Nc1ccc(F)cc1)c1cn2cc(Cl)ccc2n1.O=C(Nc1ccccc1)c1cn2ccccc2n1. The van der Waals surface area contributed by atoms with Crippen molar-refractivity contribution in [2.24, 2.45) is 0 Å². The van der Waals surface area contributed by atoms with Gasteiger partial charge in [-0.1, -0.05) is 35.9 Å². The molecule has 0 aliphatic carbocycles. The van der Waals surface area contributed by atoms with E-state index in [1.807, 2.05) is 59.1 Å². The van der Waals surface area contributed by atoms with Crippen LogP contribution in [0.1, 0.15) is 21.0 Å². The van der Waals surface area contributed by atoms with Crippen molar-refractivity contribution < 1.29 is 14.0 Å². The number of pyridine rings is 2. The molecule has 0 aliphatic heterocycles. The van der Waals surface area contributed by atoms with Crippen LogP contribution in [0.5, 0.6) is 0 Å². The van der Waals surface area contributed by atoms with Gasteiger partial charge in [-0.25, -0.2) is 14.4 Å². The van der Waals surface area contributed by atoms with Crippen LogP contribution in [0.3, 0.4) is 0 Å². The molecule has 2 aromatic carbocycles. The van der Waals surface area contributed by atoms with Gasteiger partial charge in [0.15, 0.2) is 0 Å². The minimum Gasteiger partial charge on any atom is -0.321 e. The number of rotatable bonds is 4. The van der Waals surface area contributed by atoms with E-state index in [0.29, 0.717) is 22.1 Å². The Balaban J connectivity index is 0.000000156. The standard InChI is InChI=1S/C14H9ClFN3O.C14H11N3O/c15-9-1-6-13-18-12(8-19(13)7-9)14(20)17-11-4-2-10(16)3-5-11;18-14(15-11-6-2-1-3-7-11)12-10-17-9-5-4-8-13(17)16-12/h1-8H,(H,17,20);1-10H,(H,15,18). The van der Waals surface area contributed by atoms with Gasteiger partial charge in [0.1, 0.15) is 28.5 Å². The molecule has 0 saturated heterocycles. The molecule has 6 aromatic rings. The van der Waals surface area contributed by atoms with E-state index < -0.39 is 0 Å². The van der Waals surface area contributed by atoms with Crippen LogP contribution in [-0.2, 0) is 0 Å². The number of anilines is 2. The van der Waals surface area contributed by atoms with Crippen LogP contribution in [0.25, 0.3) is 11.3 Å². The topological polar surface area (TPSA) is 92.8 Å². The molecule has 4 heterocycles. The summed E-state index contributed by atoms with van der Waals surface area (Å²) in [4.78, 5) is 32.5. The minimum absolute atomic E-state index is 0.204. The highest BCUT2D eigenvalue weighted by Crippen LogP contribution is 2.14. The molecule has 8 nitrogen and oxygen atoms in total. The van der Waals surface area contributed by atoms with Gasteiger partial charge in [0, 0.05) is 36.2 Å². The Labute approximate surface area is 221 Å². The largest absolute Gasteiger partial charge is 0.321 e. The molecular weight excluding hydrogens is 507 g/mol. The Bertz CT molecular complexity index is 1700. The molecule has 4 aromatic heterocycles. The molecule has 0 fully saturated rings. The number of carbonyl (C=O) groups excluding carboxylic acids is 2. The fraction of sp³-hybridized carbons (Fsp3) is 0.